The van der Waals surface area contributed by atoms with Crippen LogP contribution in [0, 0.1) is 5.82 Å². The number of hydrogen-bond donors (Lipinski definition) is 1. The molecule has 1 aliphatic rings. The van der Waals surface area contributed by atoms with Crippen molar-refractivity contribution in [2.24, 2.45) is 0 Å². The smallest absolute Gasteiger partial charge is 0.141 e. The predicted octanol–water partition coefficient (Wildman–Crippen LogP) is 3.61. The minimum Gasteiger partial charge on any atom is -0.307 e. The lowest BCUT2D eigenvalue weighted by Crippen LogP contribution is -2.46. The number of likely N-dealkylation sites (tertiary alicyclic amines) is 1. The van der Waals surface area contributed by atoms with Crippen LogP contribution in [0.4, 0.5) is 4.39 Å². The molecule has 2 nitrogen and oxygen atoms in total. The molecule has 2 rings (SSSR count). The number of rotatable bonds is 3. The van der Waals surface area contributed by atoms with E-state index in [0.717, 1.165) is 24.9 Å². The fourth-order valence-corrected chi connectivity index (χ4v) is 2.86. The van der Waals surface area contributed by atoms with Crippen molar-refractivity contribution in [3.05, 3.63) is 34.6 Å². The van der Waals surface area contributed by atoms with Crippen molar-refractivity contribution in [2.45, 2.75) is 44.8 Å². The normalized spacial score (nSPS) is 26.4. The van der Waals surface area contributed by atoms with Crippen LogP contribution in [0.1, 0.15) is 38.3 Å². The molecule has 4 heteroatoms. The van der Waals surface area contributed by atoms with Gasteiger partial charge in [0.2, 0.25) is 0 Å². The third-order valence-corrected chi connectivity index (χ3v) is 4.43. The van der Waals surface area contributed by atoms with E-state index in [-0.39, 0.29) is 16.9 Å². The maximum absolute atomic E-state index is 13.2. The zero-order valence-electron chi connectivity index (χ0n) is 11.8. The van der Waals surface area contributed by atoms with Gasteiger partial charge < -0.3 is 10.2 Å². The van der Waals surface area contributed by atoms with Crippen molar-refractivity contribution < 1.29 is 4.39 Å². The average molecular weight is 285 g/mol. The Labute approximate surface area is 119 Å². The molecule has 3 unspecified atom stereocenters. The summed E-state index contributed by atoms with van der Waals surface area (Å²) in [5.74, 6) is -0.356. The Bertz CT molecular complexity index is 438. The van der Waals surface area contributed by atoms with Gasteiger partial charge in [0, 0.05) is 18.1 Å². The summed E-state index contributed by atoms with van der Waals surface area (Å²) in [5.41, 5.74) is 1.04. The summed E-state index contributed by atoms with van der Waals surface area (Å²) in [6.45, 7) is 5.48. The topological polar surface area (TPSA) is 15.3 Å². The number of benzene rings is 1. The quantitative estimate of drug-likeness (QED) is 0.912. The van der Waals surface area contributed by atoms with E-state index >= 15 is 0 Å². The van der Waals surface area contributed by atoms with E-state index in [1.807, 2.05) is 0 Å². The fraction of sp³-hybridized carbons (Fsp3) is 0.600. The molecule has 106 valence electrons. The monoisotopic (exact) mass is 284 g/mol. The molecule has 1 aliphatic heterocycles. The average Bonchev–Trinajstić information content (AvgIpc) is 2.37. The third-order valence-electron chi connectivity index (χ3n) is 4.14. The Morgan fingerprint density at radius 3 is 2.84 bits per heavy atom. The maximum atomic E-state index is 13.2. The molecule has 0 radical (unpaired) electrons. The number of hydrogen-bond acceptors (Lipinski definition) is 2. The van der Waals surface area contributed by atoms with E-state index in [9.17, 15) is 4.39 Å². The van der Waals surface area contributed by atoms with Gasteiger partial charge in [0.1, 0.15) is 5.82 Å². The van der Waals surface area contributed by atoms with Crippen LogP contribution in [0.15, 0.2) is 18.2 Å². The highest BCUT2D eigenvalue weighted by atomic mass is 35.5. The summed E-state index contributed by atoms with van der Waals surface area (Å²) in [6, 6.07) is 6.27. The van der Waals surface area contributed by atoms with Crippen molar-refractivity contribution in [1.29, 1.82) is 0 Å². The van der Waals surface area contributed by atoms with E-state index in [1.165, 1.54) is 6.07 Å². The van der Waals surface area contributed by atoms with Crippen molar-refractivity contribution >= 4 is 11.6 Å². The lowest BCUT2D eigenvalue weighted by atomic mass is 9.97. The largest absolute Gasteiger partial charge is 0.307 e. The first-order valence-corrected chi connectivity index (χ1v) is 7.26. The Morgan fingerprint density at radius 1 is 1.47 bits per heavy atom. The molecule has 0 spiro atoms. The van der Waals surface area contributed by atoms with E-state index in [2.05, 4.69) is 31.1 Å². The number of nitrogens with zero attached hydrogens (tertiary/aromatic N) is 1. The van der Waals surface area contributed by atoms with Crippen LogP contribution < -0.4 is 5.32 Å². The maximum Gasteiger partial charge on any atom is 0.141 e. The Balaban J connectivity index is 1.97. The van der Waals surface area contributed by atoms with Crippen molar-refractivity contribution in [3.8, 4) is 0 Å². The number of piperidine rings is 1. The fourth-order valence-electron chi connectivity index (χ4n) is 2.67. The van der Waals surface area contributed by atoms with Gasteiger partial charge in [-0.15, -0.1) is 0 Å². The standard InChI is InChI=1S/C15H22ClFN2/c1-10-8-13(6-7-19(10)3)18-11(2)12-4-5-15(17)14(16)9-12/h4-5,9-11,13,18H,6-8H2,1-3H3. The van der Waals surface area contributed by atoms with Gasteiger partial charge in [0.05, 0.1) is 5.02 Å². The van der Waals surface area contributed by atoms with Crippen LogP contribution in [0.5, 0.6) is 0 Å². The molecule has 0 aromatic heterocycles. The predicted molar refractivity (Wildman–Crippen MR) is 78.1 cm³/mol. The van der Waals surface area contributed by atoms with Crippen LogP contribution in [0.3, 0.4) is 0 Å². The summed E-state index contributed by atoms with van der Waals surface area (Å²) in [6.07, 6.45) is 2.30. The Morgan fingerprint density at radius 2 is 2.21 bits per heavy atom. The molecule has 3 atom stereocenters. The van der Waals surface area contributed by atoms with Crippen LogP contribution in [-0.4, -0.2) is 30.6 Å². The van der Waals surface area contributed by atoms with E-state index in [4.69, 9.17) is 11.6 Å². The van der Waals surface area contributed by atoms with Gasteiger partial charge in [-0.25, -0.2) is 4.39 Å². The molecular formula is C15H22ClFN2. The van der Waals surface area contributed by atoms with Crippen LogP contribution in [0.25, 0.3) is 0 Å². The third kappa shape index (κ3) is 3.68. The first-order valence-electron chi connectivity index (χ1n) is 6.88. The van der Waals surface area contributed by atoms with Crippen molar-refractivity contribution in [1.82, 2.24) is 10.2 Å². The van der Waals surface area contributed by atoms with Crippen LogP contribution in [0.2, 0.25) is 5.02 Å². The number of halogens is 2. The second kappa shape index (κ2) is 6.21. The minimum atomic E-state index is -0.356. The van der Waals surface area contributed by atoms with Gasteiger partial charge in [-0.3, -0.25) is 0 Å². The summed E-state index contributed by atoms with van der Waals surface area (Å²) in [4.78, 5) is 2.39. The van der Waals surface area contributed by atoms with Gasteiger partial charge >= 0.3 is 0 Å². The van der Waals surface area contributed by atoms with E-state index in [0.29, 0.717) is 12.1 Å². The molecule has 1 saturated heterocycles. The molecule has 1 heterocycles. The van der Waals surface area contributed by atoms with Crippen LogP contribution in [-0.2, 0) is 0 Å². The summed E-state index contributed by atoms with van der Waals surface area (Å²) >= 11 is 5.83. The Hall–Kier alpha value is -0.640. The molecule has 1 fully saturated rings. The van der Waals surface area contributed by atoms with E-state index < -0.39 is 0 Å². The summed E-state index contributed by atoms with van der Waals surface area (Å²) in [7, 11) is 2.17. The molecule has 1 aromatic carbocycles. The molecule has 1 aromatic rings. The van der Waals surface area contributed by atoms with Gasteiger partial charge in [-0.1, -0.05) is 17.7 Å². The zero-order chi connectivity index (χ0) is 14.0. The highest BCUT2D eigenvalue weighted by Crippen LogP contribution is 2.23. The summed E-state index contributed by atoms with van der Waals surface area (Å²) < 4.78 is 13.2. The lowest BCUT2D eigenvalue weighted by molar-refractivity contribution is 0.163. The molecular weight excluding hydrogens is 263 g/mol. The first-order chi connectivity index (χ1) is 8.97. The Kier molecular flexibility index (Phi) is 4.82. The van der Waals surface area contributed by atoms with Crippen LogP contribution >= 0.6 is 11.6 Å². The van der Waals surface area contributed by atoms with Gasteiger partial charge in [-0.2, -0.15) is 0 Å². The highest BCUT2D eigenvalue weighted by Gasteiger charge is 2.24. The van der Waals surface area contributed by atoms with Gasteiger partial charge in [0.25, 0.3) is 0 Å². The van der Waals surface area contributed by atoms with E-state index in [1.54, 1.807) is 12.1 Å². The molecule has 0 aliphatic carbocycles. The SMILES string of the molecule is CC(NC1CCN(C)C(C)C1)c1ccc(F)c(Cl)c1. The molecule has 0 amide bonds. The van der Waals surface area contributed by atoms with Gasteiger partial charge in [-0.05, 0) is 58.0 Å². The number of nitrogens with one attached hydrogen (secondary N) is 1. The second-order valence-corrected chi connectivity index (χ2v) is 6.02. The first kappa shape index (κ1) is 14.8. The lowest BCUT2D eigenvalue weighted by Gasteiger charge is -2.36. The molecule has 0 bridgehead atoms. The van der Waals surface area contributed by atoms with Crippen molar-refractivity contribution in [3.63, 3.8) is 0 Å². The molecule has 0 saturated carbocycles. The zero-order valence-corrected chi connectivity index (χ0v) is 12.5. The van der Waals surface area contributed by atoms with Gasteiger partial charge in [0.15, 0.2) is 0 Å². The minimum absolute atomic E-state index is 0.193. The second-order valence-electron chi connectivity index (χ2n) is 5.61. The molecule has 19 heavy (non-hydrogen) atoms. The van der Waals surface area contributed by atoms with Crippen molar-refractivity contribution in [2.75, 3.05) is 13.6 Å². The summed E-state index contributed by atoms with van der Waals surface area (Å²) in [5, 5.41) is 3.82. The highest BCUT2D eigenvalue weighted by molar-refractivity contribution is 6.30. The molecule has 1 N–H and O–H groups in total.